The third-order valence-corrected chi connectivity index (χ3v) is 4.02. The van der Waals surface area contributed by atoms with Gasteiger partial charge in [0.2, 0.25) is 0 Å². The molecule has 1 aliphatic rings. The van der Waals surface area contributed by atoms with Gasteiger partial charge in [-0.3, -0.25) is 0 Å². The molecular weight excluding hydrogens is 316 g/mol. The molecule has 0 radical (unpaired) electrons. The molecule has 1 fully saturated rings. The Morgan fingerprint density at radius 3 is 2.60 bits per heavy atom. The molecule has 3 rings (SSSR count). The lowest BCUT2D eigenvalue weighted by molar-refractivity contribution is 0.522. The molecule has 1 saturated heterocycles. The van der Waals surface area contributed by atoms with Crippen molar-refractivity contribution in [2.45, 2.75) is 18.9 Å². The summed E-state index contributed by atoms with van der Waals surface area (Å²) in [4.78, 5) is 11.1. The van der Waals surface area contributed by atoms with E-state index in [-0.39, 0.29) is 0 Å². The molecule has 0 atom stereocenters. The van der Waals surface area contributed by atoms with E-state index >= 15 is 0 Å². The number of nitrogens with one attached hydrogen (secondary N) is 1. The number of piperidine rings is 1. The molecular formula is C15H17BrN4. The summed E-state index contributed by atoms with van der Waals surface area (Å²) in [5, 5.41) is 3.50. The molecule has 1 aliphatic heterocycles. The molecule has 0 bridgehead atoms. The lowest BCUT2D eigenvalue weighted by Crippen LogP contribution is -2.39. The number of pyridine rings is 2. The van der Waals surface area contributed by atoms with Crippen molar-refractivity contribution in [3.05, 3.63) is 47.2 Å². The smallest absolute Gasteiger partial charge is 0.128 e. The van der Waals surface area contributed by atoms with E-state index in [9.17, 15) is 0 Å². The van der Waals surface area contributed by atoms with Gasteiger partial charge in [-0.1, -0.05) is 6.07 Å². The van der Waals surface area contributed by atoms with Gasteiger partial charge in [0.1, 0.15) is 11.6 Å². The highest BCUT2D eigenvalue weighted by Crippen LogP contribution is 2.20. The average molecular weight is 333 g/mol. The highest BCUT2D eigenvalue weighted by Gasteiger charge is 2.19. The SMILES string of the molecule is Brc1ccc(NC2CCN(c3ccccn3)CC2)nc1. The third-order valence-electron chi connectivity index (χ3n) is 3.55. The van der Waals surface area contributed by atoms with Crippen molar-refractivity contribution in [1.29, 1.82) is 0 Å². The standard InChI is InChI=1S/C15H17BrN4/c16-12-4-5-14(18-11-12)19-13-6-9-20(10-7-13)15-3-1-2-8-17-15/h1-5,8,11,13H,6-7,9-10H2,(H,18,19). The fraction of sp³-hybridized carbons (Fsp3) is 0.333. The van der Waals surface area contributed by atoms with Crippen molar-refractivity contribution in [3.63, 3.8) is 0 Å². The predicted octanol–water partition coefficient (Wildman–Crippen LogP) is 3.32. The van der Waals surface area contributed by atoms with Crippen molar-refractivity contribution in [2.24, 2.45) is 0 Å². The van der Waals surface area contributed by atoms with Crippen LogP contribution in [0.2, 0.25) is 0 Å². The summed E-state index contributed by atoms with van der Waals surface area (Å²) in [5.41, 5.74) is 0. The van der Waals surface area contributed by atoms with Crippen molar-refractivity contribution in [2.75, 3.05) is 23.3 Å². The average Bonchev–Trinajstić information content (AvgIpc) is 2.51. The second-order valence-electron chi connectivity index (χ2n) is 4.96. The van der Waals surface area contributed by atoms with Crippen LogP contribution < -0.4 is 10.2 Å². The van der Waals surface area contributed by atoms with Gasteiger partial charge in [-0.2, -0.15) is 0 Å². The number of anilines is 2. The van der Waals surface area contributed by atoms with Crippen molar-refractivity contribution in [1.82, 2.24) is 9.97 Å². The first-order valence-corrected chi connectivity index (χ1v) is 7.64. The van der Waals surface area contributed by atoms with Gasteiger partial charge in [0.15, 0.2) is 0 Å². The van der Waals surface area contributed by atoms with Crippen LogP contribution in [0.1, 0.15) is 12.8 Å². The summed E-state index contributed by atoms with van der Waals surface area (Å²) >= 11 is 3.40. The Bertz CT molecular complexity index is 536. The molecule has 0 amide bonds. The van der Waals surface area contributed by atoms with E-state index in [2.05, 4.69) is 42.2 Å². The zero-order valence-electron chi connectivity index (χ0n) is 11.2. The highest BCUT2D eigenvalue weighted by atomic mass is 79.9. The predicted molar refractivity (Wildman–Crippen MR) is 85.0 cm³/mol. The molecule has 20 heavy (non-hydrogen) atoms. The second kappa shape index (κ2) is 6.22. The van der Waals surface area contributed by atoms with Crippen LogP contribution in [0.4, 0.5) is 11.6 Å². The first-order chi connectivity index (χ1) is 9.81. The number of aromatic nitrogens is 2. The molecule has 1 N–H and O–H groups in total. The van der Waals surface area contributed by atoms with Crippen LogP contribution in [-0.4, -0.2) is 29.1 Å². The summed E-state index contributed by atoms with van der Waals surface area (Å²) in [6.45, 7) is 2.07. The maximum absolute atomic E-state index is 4.41. The molecule has 0 spiro atoms. The third kappa shape index (κ3) is 3.28. The number of rotatable bonds is 3. The molecule has 0 aromatic carbocycles. The first kappa shape index (κ1) is 13.4. The molecule has 0 unspecified atom stereocenters. The minimum absolute atomic E-state index is 0.489. The fourth-order valence-corrected chi connectivity index (χ4v) is 2.70. The Kier molecular flexibility index (Phi) is 4.16. The van der Waals surface area contributed by atoms with Crippen LogP contribution in [0.15, 0.2) is 47.2 Å². The molecule has 5 heteroatoms. The zero-order chi connectivity index (χ0) is 13.8. The van der Waals surface area contributed by atoms with E-state index in [1.165, 1.54) is 0 Å². The monoisotopic (exact) mass is 332 g/mol. The zero-order valence-corrected chi connectivity index (χ0v) is 12.8. The molecule has 2 aromatic rings. The number of hydrogen-bond acceptors (Lipinski definition) is 4. The normalized spacial score (nSPS) is 16.1. The summed E-state index contributed by atoms with van der Waals surface area (Å²) in [6.07, 6.45) is 5.89. The first-order valence-electron chi connectivity index (χ1n) is 6.85. The van der Waals surface area contributed by atoms with Gasteiger partial charge in [-0.15, -0.1) is 0 Å². The highest BCUT2D eigenvalue weighted by molar-refractivity contribution is 9.10. The van der Waals surface area contributed by atoms with Crippen LogP contribution in [0.3, 0.4) is 0 Å². The van der Waals surface area contributed by atoms with Crippen LogP contribution >= 0.6 is 15.9 Å². The largest absolute Gasteiger partial charge is 0.367 e. The van der Waals surface area contributed by atoms with E-state index in [4.69, 9.17) is 0 Å². The molecule has 2 aromatic heterocycles. The lowest BCUT2D eigenvalue weighted by Gasteiger charge is -2.33. The number of halogens is 1. The van der Waals surface area contributed by atoms with Crippen LogP contribution in [0.25, 0.3) is 0 Å². The Morgan fingerprint density at radius 2 is 1.95 bits per heavy atom. The molecule has 3 heterocycles. The van der Waals surface area contributed by atoms with E-state index < -0.39 is 0 Å². The second-order valence-corrected chi connectivity index (χ2v) is 5.87. The molecule has 0 saturated carbocycles. The van der Waals surface area contributed by atoms with Gasteiger partial charge in [0, 0.05) is 36.0 Å². The van der Waals surface area contributed by atoms with Crippen LogP contribution in [0, 0.1) is 0 Å². The Balaban J connectivity index is 1.55. The Morgan fingerprint density at radius 1 is 1.10 bits per heavy atom. The van der Waals surface area contributed by atoms with Crippen LogP contribution in [0.5, 0.6) is 0 Å². The van der Waals surface area contributed by atoms with Crippen molar-refractivity contribution in [3.8, 4) is 0 Å². The van der Waals surface area contributed by atoms with Gasteiger partial charge < -0.3 is 10.2 Å². The Labute approximate surface area is 127 Å². The minimum atomic E-state index is 0.489. The maximum Gasteiger partial charge on any atom is 0.128 e. The quantitative estimate of drug-likeness (QED) is 0.936. The van der Waals surface area contributed by atoms with E-state index in [1.807, 2.05) is 36.7 Å². The summed E-state index contributed by atoms with van der Waals surface area (Å²) in [6, 6.07) is 10.6. The van der Waals surface area contributed by atoms with Gasteiger partial charge in [0.25, 0.3) is 0 Å². The summed E-state index contributed by atoms with van der Waals surface area (Å²) < 4.78 is 1.01. The van der Waals surface area contributed by atoms with Crippen molar-refractivity contribution >= 4 is 27.6 Å². The van der Waals surface area contributed by atoms with E-state index in [0.717, 1.165) is 42.0 Å². The van der Waals surface area contributed by atoms with Gasteiger partial charge in [-0.05, 0) is 53.0 Å². The topological polar surface area (TPSA) is 41.0 Å². The molecule has 4 nitrogen and oxygen atoms in total. The van der Waals surface area contributed by atoms with Gasteiger partial charge in [0.05, 0.1) is 0 Å². The van der Waals surface area contributed by atoms with Gasteiger partial charge in [-0.25, -0.2) is 9.97 Å². The fourth-order valence-electron chi connectivity index (χ4n) is 2.46. The van der Waals surface area contributed by atoms with Gasteiger partial charge >= 0.3 is 0 Å². The summed E-state index contributed by atoms with van der Waals surface area (Å²) in [7, 11) is 0. The molecule has 104 valence electrons. The van der Waals surface area contributed by atoms with E-state index in [0.29, 0.717) is 6.04 Å². The number of nitrogens with zero attached hydrogens (tertiary/aromatic N) is 3. The molecule has 0 aliphatic carbocycles. The van der Waals surface area contributed by atoms with E-state index in [1.54, 1.807) is 0 Å². The Hall–Kier alpha value is -1.62. The lowest BCUT2D eigenvalue weighted by atomic mass is 10.1. The minimum Gasteiger partial charge on any atom is -0.367 e. The van der Waals surface area contributed by atoms with Crippen LogP contribution in [-0.2, 0) is 0 Å². The summed E-state index contributed by atoms with van der Waals surface area (Å²) in [5.74, 6) is 2.03. The van der Waals surface area contributed by atoms with Crippen molar-refractivity contribution < 1.29 is 0 Å². The maximum atomic E-state index is 4.41. The number of hydrogen-bond donors (Lipinski definition) is 1.